The minimum absolute atomic E-state index is 0.750. The first-order valence-electron chi connectivity index (χ1n) is 10.3. The summed E-state index contributed by atoms with van der Waals surface area (Å²) >= 11 is 0. The van der Waals surface area contributed by atoms with Crippen molar-refractivity contribution >= 4 is 12.2 Å². The second kappa shape index (κ2) is 9.84. The van der Waals surface area contributed by atoms with E-state index in [0.29, 0.717) is 0 Å². The van der Waals surface area contributed by atoms with Gasteiger partial charge in [0.25, 0.3) is 0 Å². The Labute approximate surface area is 188 Å². The van der Waals surface area contributed by atoms with E-state index in [1.165, 1.54) is 0 Å². The average molecular weight is 426 g/mol. The molecule has 4 nitrogen and oxygen atoms in total. The third kappa shape index (κ3) is 4.98. The number of benzene rings is 3. The van der Waals surface area contributed by atoms with E-state index in [2.05, 4.69) is 0 Å². The molecule has 0 radical (unpaired) electrons. The third-order valence-corrected chi connectivity index (χ3v) is 5.17. The van der Waals surface area contributed by atoms with Crippen LogP contribution in [0.15, 0.2) is 89.3 Å². The highest BCUT2D eigenvalue weighted by Gasteiger charge is 2.18. The molecule has 1 heterocycles. The highest BCUT2D eigenvalue weighted by atomic mass is 16.5. The lowest BCUT2D eigenvalue weighted by atomic mass is 10.0. The number of hydrogen-bond acceptors (Lipinski definition) is 3. The van der Waals surface area contributed by atoms with Crippen molar-refractivity contribution in [1.82, 2.24) is 0 Å². The molecule has 4 heteroatoms. The van der Waals surface area contributed by atoms with Crippen molar-refractivity contribution < 1.29 is 18.6 Å². The molecule has 0 unspecified atom stereocenters. The van der Waals surface area contributed by atoms with Gasteiger partial charge >= 0.3 is 11.5 Å². The molecular formula is C28H25O4+. The van der Waals surface area contributed by atoms with Crippen LogP contribution in [0, 0.1) is 0 Å². The molecule has 160 valence electrons. The fourth-order valence-electron chi connectivity index (χ4n) is 3.35. The Morgan fingerprint density at radius 1 is 0.531 bits per heavy atom. The number of ether oxygens (including phenoxy) is 3. The van der Waals surface area contributed by atoms with Gasteiger partial charge in [0.1, 0.15) is 17.2 Å². The predicted molar refractivity (Wildman–Crippen MR) is 129 cm³/mol. The molecule has 1 aromatic heterocycles. The quantitative estimate of drug-likeness (QED) is 0.296. The summed E-state index contributed by atoms with van der Waals surface area (Å²) in [6.07, 6.45) is 4.00. The van der Waals surface area contributed by atoms with Crippen molar-refractivity contribution in [3.63, 3.8) is 0 Å². The summed E-state index contributed by atoms with van der Waals surface area (Å²) in [7, 11) is 4.99. The summed E-state index contributed by atoms with van der Waals surface area (Å²) < 4.78 is 22.0. The standard InChI is InChI=1S/C28H25O4/c1-29-24-11-4-20(5-12-24)6-13-27-18-23(21-7-14-25(30-2)15-8-21)19-28(32-27)22-9-16-26(31-3)17-10-22/h4-19H,1-3H3/q+1. The van der Waals surface area contributed by atoms with Crippen molar-refractivity contribution in [1.29, 1.82) is 0 Å². The van der Waals surface area contributed by atoms with Crippen LogP contribution in [-0.4, -0.2) is 21.3 Å². The monoisotopic (exact) mass is 425 g/mol. The molecule has 0 N–H and O–H groups in total. The Morgan fingerprint density at radius 2 is 1.03 bits per heavy atom. The predicted octanol–water partition coefficient (Wildman–Crippen LogP) is 7.09. The Kier molecular flexibility index (Phi) is 6.52. The first-order chi connectivity index (χ1) is 15.7. The van der Waals surface area contributed by atoms with E-state index >= 15 is 0 Å². The summed E-state index contributed by atoms with van der Waals surface area (Å²) in [6, 6.07) is 27.8. The van der Waals surface area contributed by atoms with Crippen molar-refractivity contribution in [2.75, 3.05) is 21.3 Å². The lowest BCUT2D eigenvalue weighted by Gasteiger charge is -2.04. The molecule has 3 aromatic carbocycles. The Bertz CT molecular complexity index is 1130. The third-order valence-electron chi connectivity index (χ3n) is 5.17. The molecule has 4 rings (SSSR count). The summed E-state index contributed by atoms with van der Waals surface area (Å²) in [6.45, 7) is 0. The van der Waals surface area contributed by atoms with Gasteiger partial charge in [-0.2, -0.15) is 0 Å². The average Bonchev–Trinajstić information content (AvgIpc) is 2.87. The van der Waals surface area contributed by atoms with E-state index in [1.54, 1.807) is 21.3 Å². The maximum atomic E-state index is 6.23. The molecule has 0 amide bonds. The fraction of sp³-hybridized carbons (Fsp3) is 0.107. The van der Waals surface area contributed by atoms with Gasteiger partial charge < -0.3 is 14.2 Å². The van der Waals surface area contributed by atoms with Gasteiger partial charge in [0.2, 0.25) is 0 Å². The zero-order valence-corrected chi connectivity index (χ0v) is 18.4. The van der Waals surface area contributed by atoms with Crippen LogP contribution in [0.2, 0.25) is 0 Å². The molecule has 0 aliphatic rings. The number of hydrogen-bond donors (Lipinski definition) is 0. The molecule has 0 atom stereocenters. The molecule has 0 saturated carbocycles. The van der Waals surface area contributed by atoms with Crippen LogP contribution in [0.5, 0.6) is 17.2 Å². The number of methoxy groups -OCH3 is 3. The van der Waals surface area contributed by atoms with Gasteiger partial charge in [0.05, 0.1) is 39.0 Å². The smallest absolute Gasteiger partial charge is 0.361 e. The molecule has 0 saturated heterocycles. The van der Waals surface area contributed by atoms with Gasteiger partial charge in [-0.15, -0.1) is 0 Å². The van der Waals surface area contributed by atoms with E-state index < -0.39 is 0 Å². The lowest BCUT2D eigenvalue weighted by Crippen LogP contribution is -1.87. The topological polar surface area (TPSA) is 39.0 Å². The highest BCUT2D eigenvalue weighted by molar-refractivity contribution is 5.75. The minimum Gasteiger partial charge on any atom is -0.497 e. The first-order valence-corrected chi connectivity index (χ1v) is 10.3. The van der Waals surface area contributed by atoms with E-state index in [4.69, 9.17) is 18.6 Å². The zero-order chi connectivity index (χ0) is 22.3. The van der Waals surface area contributed by atoms with Crippen LogP contribution in [0.3, 0.4) is 0 Å². The molecule has 0 fully saturated rings. The van der Waals surface area contributed by atoms with E-state index in [0.717, 1.165) is 51.0 Å². The van der Waals surface area contributed by atoms with E-state index in [9.17, 15) is 0 Å². The lowest BCUT2D eigenvalue weighted by molar-refractivity contribution is 0.414. The van der Waals surface area contributed by atoms with Gasteiger partial charge in [0, 0.05) is 11.6 Å². The summed E-state index contributed by atoms with van der Waals surface area (Å²) in [5, 5.41) is 0. The van der Waals surface area contributed by atoms with Gasteiger partial charge in [-0.1, -0.05) is 24.3 Å². The van der Waals surface area contributed by atoms with E-state index in [-0.39, 0.29) is 0 Å². The SMILES string of the molecule is COc1ccc(C=Cc2cc(-c3ccc(OC)cc3)cc(-c3ccc(OC)cc3)[o+]2)cc1. The summed E-state index contributed by atoms with van der Waals surface area (Å²) in [5.74, 6) is 3.98. The van der Waals surface area contributed by atoms with Gasteiger partial charge in [0.15, 0.2) is 0 Å². The summed E-state index contributed by atoms with van der Waals surface area (Å²) in [5.41, 5.74) is 4.16. The Morgan fingerprint density at radius 3 is 1.56 bits per heavy atom. The van der Waals surface area contributed by atoms with Crippen LogP contribution in [-0.2, 0) is 0 Å². The molecule has 0 bridgehead atoms. The highest BCUT2D eigenvalue weighted by Crippen LogP contribution is 2.31. The van der Waals surface area contributed by atoms with Crippen LogP contribution >= 0.6 is 0 Å². The van der Waals surface area contributed by atoms with E-state index in [1.807, 2.05) is 97.1 Å². The van der Waals surface area contributed by atoms with Crippen LogP contribution in [0.25, 0.3) is 34.6 Å². The molecule has 0 aliphatic heterocycles. The van der Waals surface area contributed by atoms with Gasteiger partial charge in [-0.25, -0.2) is 4.42 Å². The van der Waals surface area contributed by atoms with Crippen LogP contribution in [0.4, 0.5) is 0 Å². The van der Waals surface area contributed by atoms with Crippen LogP contribution < -0.4 is 14.2 Å². The van der Waals surface area contributed by atoms with Crippen molar-refractivity contribution in [3.05, 3.63) is 96.3 Å². The molecule has 4 aromatic rings. The second-order valence-electron chi connectivity index (χ2n) is 7.18. The fourth-order valence-corrected chi connectivity index (χ4v) is 3.35. The van der Waals surface area contributed by atoms with Crippen LogP contribution in [0.1, 0.15) is 11.3 Å². The number of rotatable bonds is 7. The second-order valence-corrected chi connectivity index (χ2v) is 7.18. The molecule has 0 spiro atoms. The Balaban J connectivity index is 1.73. The molecule has 32 heavy (non-hydrogen) atoms. The largest absolute Gasteiger partial charge is 0.497 e. The molecule has 0 aliphatic carbocycles. The first kappa shape index (κ1) is 21.2. The van der Waals surface area contributed by atoms with Crippen molar-refractivity contribution in [3.8, 4) is 39.7 Å². The maximum absolute atomic E-state index is 6.23. The van der Waals surface area contributed by atoms with Crippen molar-refractivity contribution in [2.45, 2.75) is 0 Å². The normalized spacial score (nSPS) is 10.8. The molecular weight excluding hydrogens is 400 g/mol. The zero-order valence-electron chi connectivity index (χ0n) is 18.4. The van der Waals surface area contributed by atoms with Crippen molar-refractivity contribution in [2.24, 2.45) is 0 Å². The van der Waals surface area contributed by atoms with Gasteiger partial charge in [-0.3, -0.25) is 0 Å². The summed E-state index contributed by atoms with van der Waals surface area (Å²) in [4.78, 5) is 0. The maximum Gasteiger partial charge on any atom is 0.361 e. The minimum atomic E-state index is 0.750. The van der Waals surface area contributed by atoms with Gasteiger partial charge in [-0.05, 0) is 65.7 Å². The Hall–Kier alpha value is -4.05.